The molecule has 0 amide bonds. The SMILES string of the molecule is CCCC(=O)c1c(OCC(C)C)cc(C)c(Cl)c1C. The van der Waals surface area contributed by atoms with Gasteiger partial charge in [-0.1, -0.05) is 32.4 Å². The highest BCUT2D eigenvalue weighted by molar-refractivity contribution is 6.32. The highest BCUT2D eigenvalue weighted by Gasteiger charge is 2.19. The normalized spacial score (nSPS) is 10.9. The minimum Gasteiger partial charge on any atom is -0.493 e. The third kappa shape index (κ3) is 3.97. The predicted octanol–water partition coefficient (Wildman–Crippen LogP) is 4.97. The van der Waals surface area contributed by atoms with Crippen LogP contribution < -0.4 is 4.74 Å². The van der Waals surface area contributed by atoms with Gasteiger partial charge in [-0.25, -0.2) is 0 Å². The molecule has 3 heteroatoms. The topological polar surface area (TPSA) is 26.3 Å². The second-order valence-electron chi connectivity index (χ2n) is 5.38. The number of rotatable bonds is 6. The van der Waals surface area contributed by atoms with Crippen molar-refractivity contribution < 1.29 is 9.53 Å². The van der Waals surface area contributed by atoms with Gasteiger partial charge in [0.25, 0.3) is 0 Å². The van der Waals surface area contributed by atoms with Gasteiger partial charge in [-0.05, 0) is 43.4 Å². The van der Waals surface area contributed by atoms with Gasteiger partial charge in [-0.3, -0.25) is 4.79 Å². The Labute approximate surface area is 121 Å². The van der Waals surface area contributed by atoms with Crippen LogP contribution in [-0.2, 0) is 0 Å². The lowest BCUT2D eigenvalue weighted by molar-refractivity contribution is 0.0976. The van der Waals surface area contributed by atoms with Crippen molar-refractivity contribution in [2.24, 2.45) is 5.92 Å². The number of aryl methyl sites for hydroxylation is 1. The summed E-state index contributed by atoms with van der Waals surface area (Å²) >= 11 is 6.25. The fourth-order valence-electron chi connectivity index (χ4n) is 1.99. The standard InChI is InChI=1S/C16H23ClO2/c1-6-7-13(18)15-12(5)16(17)11(4)8-14(15)19-9-10(2)3/h8,10H,6-7,9H2,1-5H3. The first-order chi connectivity index (χ1) is 8.88. The van der Waals surface area contributed by atoms with Crippen molar-refractivity contribution in [2.45, 2.75) is 47.5 Å². The largest absolute Gasteiger partial charge is 0.493 e. The van der Waals surface area contributed by atoms with E-state index in [0.29, 0.717) is 35.3 Å². The molecular weight excluding hydrogens is 260 g/mol. The van der Waals surface area contributed by atoms with Gasteiger partial charge in [0.2, 0.25) is 0 Å². The zero-order chi connectivity index (χ0) is 14.6. The highest BCUT2D eigenvalue weighted by Crippen LogP contribution is 2.33. The summed E-state index contributed by atoms with van der Waals surface area (Å²) in [5, 5.41) is 0.663. The molecule has 2 nitrogen and oxygen atoms in total. The minimum atomic E-state index is 0.112. The number of ether oxygens (including phenoxy) is 1. The van der Waals surface area contributed by atoms with Crippen LogP contribution in [0.25, 0.3) is 0 Å². The smallest absolute Gasteiger partial charge is 0.166 e. The Bertz CT molecular complexity index is 464. The summed E-state index contributed by atoms with van der Waals surface area (Å²) in [6.07, 6.45) is 1.35. The average Bonchev–Trinajstić information content (AvgIpc) is 2.33. The zero-order valence-corrected chi connectivity index (χ0v) is 13.2. The van der Waals surface area contributed by atoms with E-state index in [0.717, 1.165) is 17.5 Å². The van der Waals surface area contributed by atoms with Crippen molar-refractivity contribution in [3.05, 3.63) is 27.8 Å². The van der Waals surface area contributed by atoms with Gasteiger partial charge < -0.3 is 4.74 Å². The second-order valence-corrected chi connectivity index (χ2v) is 5.76. The molecule has 0 heterocycles. The molecule has 1 aromatic carbocycles. The van der Waals surface area contributed by atoms with Gasteiger partial charge in [-0.2, -0.15) is 0 Å². The molecule has 1 rings (SSSR count). The van der Waals surface area contributed by atoms with E-state index < -0.39 is 0 Å². The third-order valence-electron chi connectivity index (χ3n) is 2.97. The maximum absolute atomic E-state index is 12.3. The van der Waals surface area contributed by atoms with Crippen LogP contribution in [-0.4, -0.2) is 12.4 Å². The quantitative estimate of drug-likeness (QED) is 0.688. The van der Waals surface area contributed by atoms with Gasteiger partial charge in [0.1, 0.15) is 5.75 Å². The molecular formula is C16H23ClO2. The number of Topliss-reactive ketones (excluding diaryl/α,β-unsaturated/α-hetero) is 1. The molecule has 0 saturated heterocycles. The van der Waals surface area contributed by atoms with Crippen LogP contribution >= 0.6 is 11.6 Å². The average molecular weight is 283 g/mol. The van der Waals surface area contributed by atoms with Crippen LogP contribution in [0.2, 0.25) is 5.02 Å². The Morgan fingerprint density at radius 3 is 2.53 bits per heavy atom. The number of ketones is 1. The summed E-state index contributed by atoms with van der Waals surface area (Å²) in [5.41, 5.74) is 2.43. The fraction of sp³-hybridized carbons (Fsp3) is 0.562. The van der Waals surface area contributed by atoms with E-state index in [2.05, 4.69) is 13.8 Å². The van der Waals surface area contributed by atoms with Gasteiger partial charge in [0.15, 0.2) is 5.78 Å². The van der Waals surface area contributed by atoms with Crippen molar-refractivity contribution in [3.63, 3.8) is 0 Å². The van der Waals surface area contributed by atoms with E-state index in [1.807, 2.05) is 26.8 Å². The number of hydrogen-bond acceptors (Lipinski definition) is 2. The van der Waals surface area contributed by atoms with E-state index in [9.17, 15) is 4.79 Å². The molecule has 0 aromatic heterocycles. The monoisotopic (exact) mass is 282 g/mol. The molecule has 0 N–H and O–H groups in total. The summed E-state index contributed by atoms with van der Waals surface area (Å²) in [5.74, 6) is 1.21. The summed E-state index contributed by atoms with van der Waals surface area (Å²) in [4.78, 5) is 12.3. The van der Waals surface area contributed by atoms with Crippen LogP contribution in [0.15, 0.2) is 6.07 Å². The van der Waals surface area contributed by atoms with Gasteiger partial charge >= 0.3 is 0 Å². The van der Waals surface area contributed by atoms with E-state index in [1.165, 1.54) is 0 Å². The number of carbonyl (C=O) groups is 1. The molecule has 0 aliphatic heterocycles. The summed E-state index contributed by atoms with van der Waals surface area (Å²) in [6, 6.07) is 1.88. The number of hydrogen-bond donors (Lipinski definition) is 0. The zero-order valence-electron chi connectivity index (χ0n) is 12.5. The lowest BCUT2D eigenvalue weighted by Gasteiger charge is -2.17. The lowest BCUT2D eigenvalue weighted by Crippen LogP contribution is -2.11. The number of carbonyl (C=O) groups excluding carboxylic acids is 1. The first-order valence-electron chi connectivity index (χ1n) is 6.84. The van der Waals surface area contributed by atoms with Crippen LogP contribution in [0.5, 0.6) is 5.75 Å². The molecule has 0 saturated carbocycles. The van der Waals surface area contributed by atoms with Crippen LogP contribution in [0.1, 0.15) is 55.1 Å². The Hall–Kier alpha value is -1.02. The van der Waals surface area contributed by atoms with Crippen molar-refractivity contribution >= 4 is 17.4 Å². The van der Waals surface area contributed by atoms with Crippen molar-refractivity contribution in [3.8, 4) is 5.75 Å². The molecule has 0 aliphatic carbocycles. The third-order valence-corrected chi connectivity index (χ3v) is 3.55. The Morgan fingerprint density at radius 1 is 1.37 bits per heavy atom. The first-order valence-corrected chi connectivity index (χ1v) is 7.21. The maximum Gasteiger partial charge on any atom is 0.166 e. The summed E-state index contributed by atoms with van der Waals surface area (Å²) in [7, 11) is 0. The molecule has 0 unspecified atom stereocenters. The highest BCUT2D eigenvalue weighted by atomic mass is 35.5. The van der Waals surface area contributed by atoms with Crippen molar-refractivity contribution in [2.75, 3.05) is 6.61 Å². The molecule has 0 fully saturated rings. The van der Waals surface area contributed by atoms with E-state index >= 15 is 0 Å². The molecule has 106 valence electrons. The Morgan fingerprint density at radius 2 is 2.00 bits per heavy atom. The minimum absolute atomic E-state index is 0.112. The number of halogens is 1. The van der Waals surface area contributed by atoms with Crippen LogP contribution in [0.4, 0.5) is 0 Å². The summed E-state index contributed by atoms with van der Waals surface area (Å²) in [6.45, 7) is 10.6. The molecule has 0 aliphatic rings. The van der Waals surface area contributed by atoms with E-state index in [4.69, 9.17) is 16.3 Å². The van der Waals surface area contributed by atoms with Crippen molar-refractivity contribution in [1.82, 2.24) is 0 Å². The molecule has 0 bridgehead atoms. The fourth-order valence-corrected chi connectivity index (χ4v) is 2.14. The molecule has 0 radical (unpaired) electrons. The molecule has 0 spiro atoms. The van der Waals surface area contributed by atoms with Crippen LogP contribution in [0.3, 0.4) is 0 Å². The van der Waals surface area contributed by atoms with E-state index in [-0.39, 0.29) is 5.78 Å². The Kier molecular flexibility index (Phi) is 5.86. The van der Waals surface area contributed by atoms with E-state index in [1.54, 1.807) is 0 Å². The van der Waals surface area contributed by atoms with Gasteiger partial charge in [-0.15, -0.1) is 0 Å². The number of benzene rings is 1. The molecule has 19 heavy (non-hydrogen) atoms. The molecule has 0 atom stereocenters. The maximum atomic E-state index is 12.3. The summed E-state index contributed by atoms with van der Waals surface area (Å²) < 4.78 is 5.80. The van der Waals surface area contributed by atoms with Gasteiger partial charge in [0, 0.05) is 11.4 Å². The molecule has 1 aromatic rings. The first kappa shape index (κ1) is 16.0. The van der Waals surface area contributed by atoms with Gasteiger partial charge in [0.05, 0.1) is 12.2 Å². The van der Waals surface area contributed by atoms with Crippen molar-refractivity contribution in [1.29, 1.82) is 0 Å². The lowest BCUT2D eigenvalue weighted by atomic mass is 9.98. The van der Waals surface area contributed by atoms with Crippen LogP contribution in [0, 0.1) is 19.8 Å². The second kappa shape index (κ2) is 6.95. The predicted molar refractivity (Wildman–Crippen MR) is 80.5 cm³/mol. The Balaban J connectivity index is 3.22.